The van der Waals surface area contributed by atoms with Crippen LogP contribution in [0.4, 0.5) is 0 Å². The summed E-state index contributed by atoms with van der Waals surface area (Å²) < 4.78 is 0. The second-order valence-corrected chi connectivity index (χ2v) is 15.1. The summed E-state index contributed by atoms with van der Waals surface area (Å²) in [6, 6.07) is 6.73. The number of carbonyl (C=O) groups excluding carboxylic acids is 2. The van der Waals surface area contributed by atoms with E-state index in [0.29, 0.717) is 33.4 Å². The number of rotatable bonds is 6. The molecular formula is C33H46O6-2. The summed E-state index contributed by atoms with van der Waals surface area (Å²) in [4.78, 5) is 25.4. The minimum Gasteiger partial charge on any atom is -0.549 e. The molecule has 0 fully saturated rings. The number of carboxylic acids is 2. The Bertz CT molecular complexity index is 1090. The standard InChI is InChI=1S/C33H48O6/c1-29(2,3)21-13-19(14-22(25(21)34)30(4,5)6)17-33(27(36)37,28(38)39)18-20-15-23(31(7,8)9)26(35)24(16-20)32(10,11)12/h13-16,34-35H,17-18H2,1-12H3,(H,36,37)(H,38,39)/p-2. The molecule has 0 spiro atoms. The zero-order valence-corrected chi connectivity index (χ0v) is 25.8. The first-order valence-electron chi connectivity index (χ1n) is 13.5. The Balaban J connectivity index is 2.85. The van der Waals surface area contributed by atoms with Gasteiger partial charge in [0.15, 0.2) is 0 Å². The smallest absolute Gasteiger partial charge is 0.123 e. The van der Waals surface area contributed by atoms with Crippen LogP contribution in [0.25, 0.3) is 0 Å². The largest absolute Gasteiger partial charge is 0.549 e. The van der Waals surface area contributed by atoms with Crippen molar-refractivity contribution in [3.63, 3.8) is 0 Å². The van der Waals surface area contributed by atoms with Gasteiger partial charge >= 0.3 is 0 Å². The van der Waals surface area contributed by atoms with Crippen LogP contribution in [0.5, 0.6) is 11.5 Å². The number of hydrogen-bond acceptors (Lipinski definition) is 6. The lowest BCUT2D eigenvalue weighted by Gasteiger charge is -2.38. The lowest BCUT2D eigenvalue weighted by Crippen LogP contribution is -2.56. The summed E-state index contributed by atoms with van der Waals surface area (Å²) in [5, 5.41) is 47.6. The van der Waals surface area contributed by atoms with E-state index in [2.05, 4.69) is 0 Å². The lowest BCUT2D eigenvalue weighted by atomic mass is 9.72. The highest BCUT2D eigenvalue weighted by Crippen LogP contribution is 2.43. The van der Waals surface area contributed by atoms with Gasteiger partial charge in [0.2, 0.25) is 0 Å². The number of carboxylic acid groups (broad SMARTS) is 2. The van der Waals surface area contributed by atoms with Gasteiger partial charge in [0.25, 0.3) is 0 Å². The van der Waals surface area contributed by atoms with Crippen LogP contribution in [0.2, 0.25) is 0 Å². The van der Waals surface area contributed by atoms with Gasteiger partial charge in [-0.3, -0.25) is 0 Å². The molecule has 0 amide bonds. The van der Waals surface area contributed by atoms with Crippen molar-refractivity contribution in [3.8, 4) is 11.5 Å². The van der Waals surface area contributed by atoms with Gasteiger partial charge in [0.05, 0.1) is 17.4 Å². The third-order valence-electron chi connectivity index (χ3n) is 7.36. The molecule has 0 aliphatic heterocycles. The third-order valence-corrected chi connectivity index (χ3v) is 7.36. The summed E-state index contributed by atoms with van der Waals surface area (Å²) in [7, 11) is 0. The molecule has 2 rings (SSSR count). The predicted molar refractivity (Wildman–Crippen MR) is 151 cm³/mol. The Morgan fingerprint density at radius 3 is 0.897 bits per heavy atom. The van der Waals surface area contributed by atoms with Crippen molar-refractivity contribution in [3.05, 3.63) is 57.6 Å². The summed E-state index contributed by atoms with van der Waals surface area (Å²) in [5.74, 6) is -3.25. The van der Waals surface area contributed by atoms with E-state index in [4.69, 9.17) is 0 Å². The van der Waals surface area contributed by atoms with Crippen LogP contribution in [0, 0.1) is 5.41 Å². The maximum atomic E-state index is 12.7. The average molecular weight is 539 g/mol. The molecule has 0 aliphatic rings. The maximum Gasteiger partial charge on any atom is 0.123 e. The van der Waals surface area contributed by atoms with Crippen molar-refractivity contribution in [2.24, 2.45) is 5.41 Å². The first-order chi connectivity index (χ1) is 17.3. The molecule has 0 unspecified atom stereocenters. The molecule has 2 aromatic carbocycles. The normalized spacial score (nSPS) is 13.4. The van der Waals surface area contributed by atoms with Gasteiger partial charge in [-0.05, 0) is 67.9 Å². The molecule has 2 N–H and O–H groups in total. The average Bonchev–Trinajstić information content (AvgIpc) is 2.71. The van der Waals surface area contributed by atoms with Crippen molar-refractivity contribution in [1.29, 1.82) is 0 Å². The van der Waals surface area contributed by atoms with Crippen molar-refractivity contribution < 1.29 is 30.0 Å². The second-order valence-electron chi connectivity index (χ2n) is 15.1. The number of benzene rings is 2. The van der Waals surface area contributed by atoms with Crippen LogP contribution < -0.4 is 10.2 Å². The Morgan fingerprint density at radius 1 is 0.538 bits per heavy atom. The summed E-state index contributed by atoms with van der Waals surface area (Å²) in [6.45, 7) is 23.2. The van der Waals surface area contributed by atoms with E-state index in [1.807, 2.05) is 83.1 Å². The van der Waals surface area contributed by atoms with Crippen LogP contribution in [-0.4, -0.2) is 22.2 Å². The fourth-order valence-electron chi connectivity index (χ4n) is 5.01. The fourth-order valence-corrected chi connectivity index (χ4v) is 5.01. The number of aliphatic carboxylic acids is 2. The first kappa shape index (κ1) is 32.2. The SMILES string of the molecule is CC(C)(C)c1cc(CC(Cc2cc(C(C)(C)C)c(O)c(C(C)(C)C)c2)(C(=O)[O-])C(=O)[O-])cc(C(C)(C)C)c1O. The van der Waals surface area contributed by atoms with Gasteiger partial charge in [-0.2, -0.15) is 0 Å². The van der Waals surface area contributed by atoms with Gasteiger partial charge in [0.1, 0.15) is 11.5 Å². The summed E-state index contributed by atoms with van der Waals surface area (Å²) in [5.41, 5.74) is -0.979. The van der Waals surface area contributed by atoms with Gasteiger partial charge in [0, 0.05) is 0 Å². The highest BCUT2D eigenvalue weighted by atomic mass is 16.4. The fraction of sp³-hybridized carbons (Fsp3) is 0.576. The number of hydrogen-bond donors (Lipinski definition) is 2. The quantitative estimate of drug-likeness (QED) is 0.520. The van der Waals surface area contributed by atoms with Crippen LogP contribution in [0.1, 0.15) is 116 Å². The molecule has 0 aromatic heterocycles. The van der Waals surface area contributed by atoms with Crippen LogP contribution in [0.15, 0.2) is 24.3 Å². The van der Waals surface area contributed by atoms with E-state index in [9.17, 15) is 30.0 Å². The number of carbonyl (C=O) groups is 2. The molecule has 0 atom stereocenters. The monoisotopic (exact) mass is 538 g/mol. The van der Waals surface area contributed by atoms with Crippen molar-refractivity contribution in [1.82, 2.24) is 0 Å². The molecule has 0 saturated carbocycles. The van der Waals surface area contributed by atoms with Crippen LogP contribution >= 0.6 is 0 Å². The lowest BCUT2D eigenvalue weighted by molar-refractivity contribution is -0.343. The van der Waals surface area contributed by atoms with Gasteiger partial charge in [-0.25, -0.2) is 0 Å². The van der Waals surface area contributed by atoms with Crippen molar-refractivity contribution in [2.45, 2.75) is 118 Å². The third kappa shape index (κ3) is 6.77. The highest BCUT2D eigenvalue weighted by molar-refractivity contribution is 5.97. The Morgan fingerprint density at radius 2 is 0.744 bits per heavy atom. The zero-order chi connectivity index (χ0) is 30.5. The minimum atomic E-state index is -2.39. The second kappa shape index (κ2) is 10.2. The Kier molecular flexibility index (Phi) is 8.41. The minimum absolute atomic E-state index is 0.120. The molecule has 0 bridgehead atoms. The summed E-state index contributed by atoms with van der Waals surface area (Å²) >= 11 is 0. The molecule has 216 valence electrons. The number of phenolic OH excluding ortho intramolecular Hbond substituents is 2. The first-order valence-corrected chi connectivity index (χ1v) is 13.5. The van der Waals surface area contributed by atoms with Gasteiger partial charge < -0.3 is 30.0 Å². The number of phenols is 2. The Labute approximate surface area is 234 Å². The molecule has 39 heavy (non-hydrogen) atoms. The predicted octanol–water partition coefficient (Wildman–Crippen LogP) is 4.56. The molecule has 0 aliphatic carbocycles. The van der Waals surface area contributed by atoms with Crippen LogP contribution in [0.3, 0.4) is 0 Å². The van der Waals surface area contributed by atoms with E-state index >= 15 is 0 Å². The van der Waals surface area contributed by atoms with Gasteiger partial charge in [-0.1, -0.05) is 107 Å². The molecule has 0 saturated heterocycles. The van der Waals surface area contributed by atoms with E-state index < -0.39 is 39.0 Å². The highest BCUT2D eigenvalue weighted by Gasteiger charge is 2.37. The van der Waals surface area contributed by atoms with E-state index in [1.54, 1.807) is 24.3 Å². The zero-order valence-electron chi connectivity index (χ0n) is 25.8. The van der Waals surface area contributed by atoms with Gasteiger partial charge in [-0.15, -0.1) is 0 Å². The van der Waals surface area contributed by atoms with E-state index in [1.165, 1.54) is 0 Å². The molecule has 0 heterocycles. The van der Waals surface area contributed by atoms with E-state index in [-0.39, 0.29) is 24.3 Å². The number of aromatic hydroxyl groups is 2. The van der Waals surface area contributed by atoms with Crippen LogP contribution in [-0.2, 0) is 44.1 Å². The maximum absolute atomic E-state index is 12.7. The molecule has 0 radical (unpaired) electrons. The molecule has 6 heteroatoms. The molecule has 6 nitrogen and oxygen atoms in total. The molecular weight excluding hydrogens is 492 g/mol. The molecule has 2 aromatic rings. The Hall–Kier alpha value is -3.02. The van der Waals surface area contributed by atoms with Crippen molar-refractivity contribution in [2.75, 3.05) is 0 Å². The summed E-state index contributed by atoms with van der Waals surface area (Å²) in [6.07, 6.45) is -0.776. The van der Waals surface area contributed by atoms with E-state index in [0.717, 1.165) is 0 Å². The van der Waals surface area contributed by atoms with Crippen molar-refractivity contribution >= 4 is 11.9 Å². The topological polar surface area (TPSA) is 121 Å².